The monoisotopic (exact) mass is 304 g/mol. The van der Waals surface area contributed by atoms with Gasteiger partial charge >= 0.3 is 5.97 Å². The Labute approximate surface area is 123 Å². The predicted octanol–water partition coefficient (Wildman–Crippen LogP) is 2.11. The number of aliphatic hydroxyl groups is 1. The molecule has 0 aromatic heterocycles. The molecule has 0 amide bonds. The van der Waals surface area contributed by atoms with Crippen LogP contribution in [0.5, 0.6) is 0 Å². The van der Waals surface area contributed by atoms with Crippen molar-refractivity contribution < 1.29 is 23.8 Å². The van der Waals surface area contributed by atoms with Crippen molar-refractivity contribution in [2.24, 2.45) is 0 Å². The highest BCUT2D eigenvalue weighted by Crippen LogP contribution is 2.36. The molecular weight excluding hydrogens is 276 g/mol. The number of esters is 1. The Morgan fingerprint density at radius 2 is 1.85 bits per heavy atom. The van der Waals surface area contributed by atoms with Gasteiger partial charge in [0.25, 0.3) is 0 Å². The van der Waals surface area contributed by atoms with Gasteiger partial charge in [-0.15, -0.1) is 0 Å². The lowest BCUT2D eigenvalue weighted by Crippen LogP contribution is -2.44. The molecule has 0 radical (unpaired) electrons. The largest absolute Gasteiger partial charge is 0.466 e. The second kappa shape index (κ2) is 7.92. The number of carbonyl (C=O) groups is 1. The molecule has 118 valence electrons. The zero-order valence-corrected chi connectivity index (χ0v) is 14.6. The van der Waals surface area contributed by atoms with Crippen LogP contribution in [0.25, 0.3) is 0 Å². The van der Waals surface area contributed by atoms with E-state index < -0.39 is 26.5 Å². The van der Waals surface area contributed by atoms with E-state index in [0.29, 0.717) is 0 Å². The molecule has 0 aliphatic carbocycles. The molecule has 0 aromatic carbocycles. The van der Waals surface area contributed by atoms with Gasteiger partial charge in [0.1, 0.15) is 12.2 Å². The maximum atomic E-state index is 11.0. The molecule has 0 saturated heterocycles. The van der Waals surface area contributed by atoms with Crippen molar-refractivity contribution >= 4 is 14.3 Å². The molecule has 0 aromatic rings. The van der Waals surface area contributed by atoms with E-state index >= 15 is 0 Å². The zero-order chi connectivity index (χ0) is 16.0. The first-order chi connectivity index (χ1) is 9.05. The summed E-state index contributed by atoms with van der Waals surface area (Å²) < 4.78 is 15.6. The van der Waals surface area contributed by atoms with Crippen molar-refractivity contribution in [2.75, 3.05) is 20.8 Å². The summed E-state index contributed by atoms with van der Waals surface area (Å²) in [7, 11) is 0.862. The van der Waals surface area contributed by atoms with Gasteiger partial charge in [-0.05, 0) is 24.2 Å². The van der Waals surface area contributed by atoms with Gasteiger partial charge in [0.2, 0.25) is 0 Å². The molecular formula is C14H28O5Si. The van der Waals surface area contributed by atoms with Crippen molar-refractivity contribution in [1.82, 2.24) is 0 Å². The Hall–Kier alpha value is -0.693. The summed E-state index contributed by atoms with van der Waals surface area (Å²) in [6.07, 6.45) is 1.30. The van der Waals surface area contributed by atoms with Gasteiger partial charge in [-0.1, -0.05) is 20.8 Å². The Kier molecular flexibility index (Phi) is 7.65. The minimum atomic E-state index is -1.91. The first-order valence-corrected chi connectivity index (χ1v) is 9.57. The molecule has 0 bridgehead atoms. The predicted molar refractivity (Wildman–Crippen MR) is 81.1 cm³/mol. The summed E-state index contributed by atoms with van der Waals surface area (Å²) in [5.74, 6) is -0.482. The van der Waals surface area contributed by atoms with Crippen LogP contribution in [0.4, 0.5) is 0 Å². The third-order valence-corrected chi connectivity index (χ3v) is 8.20. The van der Waals surface area contributed by atoms with Crippen molar-refractivity contribution in [2.45, 2.75) is 51.1 Å². The Balaban J connectivity index is 4.54. The van der Waals surface area contributed by atoms with Crippen molar-refractivity contribution in [3.8, 4) is 0 Å². The highest BCUT2D eigenvalue weighted by Gasteiger charge is 2.37. The molecule has 0 rings (SSSR count). The van der Waals surface area contributed by atoms with E-state index in [-0.39, 0.29) is 11.6 Å². The molecule has 0 fully saturated rings. The molecule has 0 unspecified atom stereocenters. The minimum Gasteiger partial charge on any atom is -0.466 e. The molecule has 0 aliphatic heterocycles. The van der Waals surface area contributed by atoms with Gasteiger partial charge in [0.15, 0.2) is 8.32 Å². The van der Waals surface area contributed by atoms with Crippen molar-refractivity contribution in [3.63, 3.8) is 0 Å². The van der Waals surface area contributed by atoms with Gasteiger partial charge in [0, 0.05) is 13.2 Å². The first-order valence-electron chi connectivity index (χ1n) is 6.66. The molecule has 20 heavy (non-hydrogen) atoms. The third kappa shape index (κ3) is 6.17. The third-order valence-electron chi connectivity index (χ3n) is 3.70. The normalized spacial score (nSPS) is 16.2. The fourth-order valence-electron chi connectivity index (χ4n) is 1.21. The van der Waals surface area contributed by atoms with Gasteiger partial charge in [-0.25, -0.2) is 4.79 Å². The Bertz CT molecular complexity index is 333. The van der Waals surface area contributed by atoms with E-state index in [0.717, 1.165) is 0 Å². The molecule has 6 heteroatoms. The van der Waals surface area contributed by atoms with E-state index in [2.05, 4.69) is 38.6 Å². The fraction of sp³-hybridized carbons (Fsp3) is 0.786. The standard InChI is InChI=1S/C14H28O5Si/c1-14(2,3)20(6,7)19-10-11(15)12(17-4)8-9-13(16)18-5/h8-9,11-12,15H,10H2,1-7H3/b9-8+/t11-,12+/m0/s1. The average molecular weight is 304 g/mol. The van der Waals surface area contributed by atoms with E-state index in [1.54, 1.807) is 0 Å². The topological polar surface area (TPSA) is 65.0 Å². The van der Waals surface area contributed by atoms with Crippen LogP contribution in [0, 0.1) is 0 Å². The van der Waals surface area contributed by atoms with Crippen LogP contribution in [0.1, 0.15) is 20.8 Å². The second-order valence-electron chi connectivity index (χ2n) is 6.22. The molecule has 0 saturated carbocycles. The minimum absolute atomic E-state index is 0.0805. The zero-order valence-electron chi connectivity index (χ0n) is 13.6. The lowest BCUT2D eigenvalue weighted by atomic mass is 10.2. The van der Waals surface area contributed by atoms with Gasteiger partial charge in [0.05, 0.1) is 13.7 Å². The van der Waals surface area contributed by atoms with Gasteiger partial charge < -0.3 is 19.0 Å². The number of carbonyl (C=O) groups excluding carboxylic acids is 1. The smallest absolute Gasteiger partial charge is 0.330 e. The van der Waals surface area contributed by atoms with Crippen LogP contribution in [0.15, 0.2) is 12.2 Å². The van der Waals surface area contributed by atoms with E-state index in [1.807, 2.05) is 0 Å². The number of hydrogen-bond acceptors (Lipinski definition) is 5. The van der Waals surface area contributed by atoms with Crippen LogP contribution in [0.3, 0.4) is 0 Å². The number of hydrogen-bond donors (Lipinski definition) is 1. The lowest BCUT2D eigenvalue weighted by Gasteiger charge is -2.37. The SMILES string of the molecule is COC(=O)/C=C/[C@@H](OC)[C@@H](O)CO[Si](C)(C)C(C)(C)C. The highest BCUT2D eigenvalue weighted by atomic mass is 28.4. The summed E-state index contributed by atoms with van der Waals surface area (Å²) >= 11 is 0. The summed E-state index contributed by atoms with van der Waals surface area (Å²) in [4.78, 5) is 11.0. The highest BCUT2D eigenvalue weighted by molar-refractivity contribution is 6.74. The van der Waals surface area contributed by atoms with Gasteiger partial charge in [-0.3, -0.25) is 0 Å². The second-order valence-corrected chi connectivity index (χ2v) is 11.0. The fourth-order valence-corrected chi connectivity index (χ4v) is 2.23. The van der Waals surface area contributed by atoms with Crippen LogP contribution >= 0.6 is 0 Å². The maximum Gasteiger partial charge on any atom is 0.330 e. The molecule has 0 spiro atoms. The molecule has 0 aliphatic rings. The number of aliphatic hydroxyl groups excluding tert-OH is 1. The van der Waals surface area contributed by atoms with Crippen LogP contribution in [-0.4, -0.2) is 52.4 Å². The molecule has 1 N–H and O–H groups in total. The maximum absolute atomic E-state index is 11.0. The van der Waals surface area contributed by atoms with E-state index in [4.69, 9.17) is 9.16 Å². The van der Waals surface area contributed by atoms with Gasteiger partial charge in [-0.2, -0.15) is 0 Å². The average Bonchev–Trinajstić information content (AvgIpc) is 2.35. The van der Waals surface area contributed by atoms with Crippen molar-refractivity contribution in [1.29, 1.82) is 0 Å². The summed E-state index contributed by atoms with van der Waals surface area (Å²) in [6, 6.07) is 0. The number of ether oxygens (including phenoxy) is 2. The Morgan fingerprint density at radius 1 is 1.30 bits per heavy atom. The lowest BCUT2D eigenvalue weighted by molar-refractivity contribution is -0.134. The van der Waals surface area contributed by atoms with Crippen LogP contribution in [0.2, 0.25) is 18.1 Å². The number of rotatable bonds is 7. The molecule has 2 atom stereocenters. The quantitative estimate of drug-likeness (QED) is 0.443. The molecule has 5 nitrogen and oxygen atoms in total. The van der Waals surface area contributed by atoms with E-state index in [1.165, 1.54) is 26.4 Å². The summed E-state index contributed by atoms with van der Waals surface area (Å²) in [5, 5.41) is 10.2. The van der Waals surface area contributed by atoms with Crippen LogP contribution in [-0.2, 0) is 18.7 Å². The Morgan fingerprint density at radius 3 is 2.25 bits per heavy atom. The summed E-state index contributed by atoms with van der Waals surface area (Å²) in [5.41, 5.74) is 0. The molecule has 0 heterocycles. The van der Waals surface area contributed by atoms with E-state index in [9.17, 15) is 9.90 Å². The number of methoxy groups -OCH3 is 2. The van der Waals surface area contributed by atoms with Crippen LogP contribution < -0.4 is 0 Å². The first kappa shape index (κ1) is 19.3. The summed E-state index contributed by atoms with van der Waals surface area (Å²) in [6.45, 7) is 10.8. The van der Waals surface area contributed by atoms with Crippen molar-refractivity contribution in [3.05, 3.63) is 12.2 Å².